The van der Waals surface area contributed by atoms with Crippen molar-refractivity contribution in [2.24, 2.45) is 0 Å². The normalized spacial score (nSPS) is 21.4. The molecule has 0 saturated carbocycles. The number of urea groups is 1. The molecule has 10 nitrogen and oxygen atoms in total. The molecule has 0 spiro atoms. The van der Waals surface area contributed by atoms with Gasteiger partial charge in [-0.15, -0.1) is 0 Å². The van der Waals surface area contributed by atoms with Crippen molar-refractivity contribution in [2.75, 3.05) is 23.3 Å². The quantitative estimate of drug-likeness (QED) is 0.345. The highest BCUT2D eigenvalue weighted by molar-refractivity contribution is 8.01. The average molecular weight is 598 g/mol. The number of nitrogens with zero attached hydrogens (tertiary/aromatic N) is 3. The number of anilines is 3. The van der Waals surface area contributed by atoms with E-state index >= 15 is 0 Å². The number of nitrogens with one attached hydrogen (secondary N) is 4. The van der Waals surface area contributed by atoms with Crippen LogP contribution in [0, 0.1) is 6.92 Å². The van der Waals surface area contributed by atoms with Crippen molar-refractivity contribution in [3.8, 4) is 0 Å². The maximum absolute atomic E-state index is 13.5. The lowest BCUT2D eigenvalue weighted by Gasteiger charge is -2.35. The molecule has 1 fully saturated rings. The van der Waals surface area contributed by atoms with E-state index in [-0.39, 0.29) is 23.3 Å². The highest BCUT2D eigenvalue weighted by atomic mass is 32.2. The van der Waals surface area contributed by atoms with Gasteiger partial charge in [0.05, 0.1) is 23.0 Å². The third-order valence-corrected chi connectivity index (χ3v) is 8.73. The number of halogens is 3. The number of pyridine rings is 2. The van der Waals surface area contributed by atoms with E-state index in [1.807, 2.05) is 0 Å². The molecule has 14 heteroatoms. The molecule has 3 aliphatic rings. The summed E-state index contributed by atoms with van der Waals surface area (Å²) in [7, 11) is 0. The number of alkyl halides is 3. The number of benzene rings is 1. The Hall–Kier alpha value is -4.17. The second-order valence-electron chi connectivity index (χ2n) is 10.3. The summed E-state index contributed by atoms with van der Waals surface area (Å²) in [6.07, 6.45) is -0.139. The molecule has 3 aromatic rings. The van der Waals surface area contributed by atoms with E-state index in [1.165, 1.54) is 22.7 Å². The first-order valence-corrected chi connectivity index (χ1v) is 14.2. The van der Waals surface area contributed by atoms with Gasteiger partial charge in [0.2, 0.25) is 5.91 Å². The molecule has 218 valence electrons. The van der Waals surface area contributed by atoms with Gasteiger partial charge < -0.3 is 21.3 Å². The Morgan fingerprint density at radius 2 is 1.90 bits per heavy atom. The molecule has 2 aromatic heterocycles. The first-order chi connectivity index (χ1) is 20.1. The summed E-state index contributed by atoms with van der Waals surface area (Å²) >= 11 is 1.32. The largest absolute Gasteiger partial charge is 0.416 e. The molecule has 2 unspecified atom stereocenters. The minimum atomic E-state index is -4.57. The van der Waals surface area contributed by atoms with Crippen LogP contribution in [0.1, 0.15) is 45.9 Å². The first kappa shape index (κ1) is 28.0. The number of aromatic nitrogens is 2. The monoisotopic (exact) mass is 597 g/mol. The van der Waals surface area contributed by atoms with E-state index in [9.17, 15) is 27.6 Å². The number of hydrogen-bond acceptors (Lipinski definition) is 7. The SMILES string of the molecule is Cc1cc(C(=O)Nc2cc(C(F)(F)F)ccn2)ccc1N1C(=O)NC2c3c1ccnc3S[C@H]2C(=O)NC1CCCNC1. The Balaban J connectivity index is 1.23. The van der Waals surface area contributed by atoms with Gasteiger partial charge in [0, 0.05) is 36.1 Å². The lowest BCUT2D eigenvalue weighted by molar-refractivity contribution is -0.137. The maximum atomic E-state index is 13.5. The van der Waals surface area contributed by atoms with Crippen molar-refractivity contribution in [3.63, 3.8) is 0 Å². The standard InChI is InChI=1S/C28H26F3N7O3S/c1-14-11-15(24(39)36-20-12-16(6-9-33-20)28(29,30)31)4-5-18(14)38-19-7-10-34-26-21(19)22(37-27(38)41)23(42-26)25(40)35-17-3-2-8-32-13-17/h4-7,9-12,17,22-23,32H,2-3,8,13H2,1H3,(H,35,40)(H,37,41)(H,33,36,39)/t17?,22?,23-/m1/s1. The summed E-state index contributed by atoms with van der Waals surface area (Å²) in [5, 5.41) is 11.8. The van der Waals surface area contributed by atoms with Crippen LogP contribution in [0.15, 0.2) is 53.8 Å². The molecule has 1 aromatic carbocycles. The van der Waals surface area contributed by atoms with Crippen molar-refractivity contribution in [1.82, 2.24) is 25.9 Å². The lowest BCUT2D eigenvalue weighted by atomic mass is 9.98. The van der Waals surface area contributed by atoms with Gasteiger partial charge in [0.1, 0.15) is 16.1 Å². The molecular weight excluding hydrogens is 571 g/mol. The highest BCUT2D eigenvalue weighted by Crippen LogP contribution is 2.51. The molecule has 0 bridgehead atoms. The number of thioether (sulfide) groups is 1. The van der Waals surface area contributed by atoms with Gasteiger partial charge in [-0.1, -0.05) is 11.8 Å². The number of amides is 4. The Kier molecular flexibility index (Phi) is 7.27. The lowest BCUT2D eigenvalue weighted by Crippen LogP contribution is -2.52. The Morgan fingerprint density at radius 3 is 2.64 bits per heavy atom. The zero-order valence-corrected chi connectivity index (χ0v) is 23.1. The van der Waals surface area contributed by atoms with Crippen LogP contribution in [0.3, 0.4) is 0 Å². The van der Waals surface area contributed by atoms with Crippen molar-refractivity contribution in [2.45, 2.75) is 48.3 Å². The van der Waals surface area contributed by atoms with Gasteiger partial charge in [-0.2, -0.15) is 13.2 Å². The Morgan fingerprint density at radius 1 is 1.10 bits per heavy atom. The second kappa shape index (κ2) is 10.9. The zero-order valence-electron chi connectivity index (χ0n) is 22.3. The topological polar surface area (TPSA) is 128 Å². The Labute approximate surface area is 242 Å². The van der Waals surface area contributed by atoms with Gasteiger partial charge in [-0.25, -0.2) is 14.8 Å². The van der Waals surface area contributed by atoms with E-state index < -0.39 is 35.0 Å². The van der Waals surface area contributed by atoms with Gasteiger partial charge in [-0.05, 0) is 68.3 Å². The minimum absolute atomic E-state index is 0.0292. The molecule has 5 heterocycles. The van der Waals surface area contributed by atoms with Crippen LogP contribution in [-0.4, -0.2) is 52.2 Å². The number of piperidine rings is 1. The smallest absolute Gasteiger partial charge is 0.351 e. The first-order valence-electron chi connectivity index (χ1n) is 13.3. The molecule has 1 saturated heterocycles. The molecule has 3 atom stereocenters. The van der Waals surface area contributed by atoms with Crippen molar-refractivity contribution in [3.05, 3.63) is 71.0 Å². The Bertz CT molecular complexity index is 1580. The van der Waals surface area contributed by atoms with Crippen LogP contribution >= 0.6 is 11.8 Å². The third kappa shape index (κ3) is 5.27. The van der Waals surface area contributed by atoms with Crippen LogP contribution in [0.4, 0.5) is 35.2 Å². The van der Waals surface area contributed by atoms with Crippen LogP contribution in [0.25, 0.3) is 0 Å². The number of hydrogen-bond donors (Lipinski definition) is 4. The van der Waals surface area contributed by atoms with E-state index in [0.717, 1.165) is 43.3 Å². The fourth-order valence-corrected chi connectivity index (χ4v) is 6.67. The second-order valence-corrected chi connectivity index (χ2v) is 11.4. The number of aryl methyl sites for hydroxylation is 1. The van der Waals surface area contributed by atoms with Crippen LogP contribution in [0.5, 0.6) is 0 Å². The van der Waals surface area contributed by atoms with Crippen LogP contribution in [-0.2, 0) is 11.0 Å². The summed E-state index contributed by atoms with van der Waals surface area (Å²) in [6.45, 7) is 3.35. The number of carbonyl (C=O) groups is 3. The highest BCUT2D eigenvalue weighted by Gasteiger charge is 2.47. The summed E-state index contributed by atoms with van der Waals surface area (Å²) in [4.78, 5) is 49.3. The summed E-state index contributed by atoms with van der Waals surface area (Å²) in [6, 6.07) is 6.96. The number of carbonyl (C=O) groups excluding carboxylic acids is 3. The summed E-state index contributed by atoms with van der Waals surface area (Å²) in [5.74, 6) is -1.04. The molecule has 4 amide bonds. The van der Waals surface area contributed by atoms with E-state index in [0.29, 0.717) is 28.5 Å². The molecule has 0 aliphatic carbocycles. The minimum Gasteiger partial charge on any atom is -0.351 e. The maximum Gasteiger partial charge on any atom is 0.416 e. The summed E-state index contributed by atoms with van der Waals surface area (Å²) < 4.78 is 39.1. The number of rotatable bonds is 5. The molecule has 42 heavy (non-hydrogen) atoms. The fraction of sp³-hybridized carbons (Fsp3) is 0.321. The van der Waals surface area contributed by atoms with Crippen LogP contribution in [0.2, 0.25) is 0 Å². The zero-order chi connectivity index (χ0) is 29.6. The van der Waals surface area contributed by atoms with Gasteiger partial charge >= 0.3 is 12.2 Å². The van der Waals surface area contributed by atoms with Gasteiger partial charge in [0.15, 0.2) is 0 Å². The van der Waals surface area contributed by atoms with Gasteiger partial charge in [0.25, 0.3) is 5.91 Å². The summed E-state index contributed by atoms with van der Waals surface area (Å²) in [5.41, 5.74) is 1.66. The van der Waals surface area contributed by atoms with Crippen molar-refractivity contribution < 1.29 is 27.6 Å². The van der Waals surface area contributed by atoms with Crippen molar-refractivity contribution in [1.29, 1.82) is 0 Å². The fourth-order valence-electron chi connectivity index (χ4n) is 5.43. The van der Waals surface area contributed by atoms with E-state index in [1.54, 1.807) is 31.3 Å². The molecular formula is C28H26F3N7O3S. The molecule has 6 rings (SSSR count). The van der Waals surface area contributed by atoms with Crippen molar-refractivity contribution >= 4 is 46.8 Å². The molecule has 0 radical (unpaired) electrons. The van der Waals surface area contributed by atoms with E-state index in [4.69, 9.17) is 0 Å². The average Bonchev–Trinajstić information content (AvgIpc) is 3.33. The third-order valence-electron chi connectivity index (χ3n) is 7.44. The molecule has 3 aliphatic heterocycles. The predicted octanol–water partition coefficient (Wildman–Crippen LogP) is 4.30. The predicted molar refractivity (Wildman–Crippen MR) is 150 cm³/mol. The molecule has 4 N–H and O–H groups in total. The van der Waals surface area contributed by atoms with Gasteiger partial charge in [-0.3, -0.25) is 14.5 Å². The van der Waals surface area contributed by atoms with E-state index in [2.05, 4.69) is 31.2 Å². The van der Waals surface area contributed by atoms with Crippen LogP contribution < -0.4 is 26.2 Å².